The van der Waals surface area contributed by atoms with Gasteiger partial charge in [-0.2, -0.15) is 18.3 Å². The molecule has 138 valence electrons. The van der Waals surface area contributed by atoms with E-state index < -0.39 is 11.7 Å². The summed E-state index contributed by atoms with van der Waals surface area (Å²) in [4.78, 5) is 14.3. The average Bonchev–Trinajstić information content (AvgIpc) is 3.05. The van der Waals surface area contributed by atoms with Crippen molar-refractivity contribution in [3.05, 3.63) is 77.0 Å². The van der Waals surface area contributed by atoms with Crippen LogP contribution in [-0.4, -0.2) is 21.0 Å². The molecule has 27 heavy (non-hydrogen) atoms. The third-order valence-electron chi connectivity index (χ3n) is 4.66. The van der Waals surface area contributed by atoms with Crippen molar-refractivity contribution in [3.8, 4) is 11.3 Å². The number of amides is 1. The molecule has 0 atom stereocenters. The summed E-state index contributed by atoms with van der Waals surface area (Å²) in [7, 11) is 0. The highest BCUT2D eigenvalue weighted by Crippen LogP contribution is 2.34. The number of halogens is 3. The zero-order valence-corrected chi connectivity index (χ0v) is 14.3. The number of benzene rings is 2. The molecule has 0 bridgehead atoms. The van der Waals surface area contributed by atoms with Crippen molar-refractivity contribution in [1.29, 1.82) is 0 Å². The van der Waals surface area contributed by atoms with Gasteiger partial charge in [-0.3, -0.25) is 9.89 Å². The van der Waals surface area contributed by atoms with Crippen molar-refractivity contribution < 1.29 is 18.0 Å². The first-order valence-electron chi connectivity index (χ1n) is 8.47. The van der Waals surface area contributed by atoms with Crippen LogP contribution < -0.4 is 0 Å². The summed E-state index contributed by atoms with van der Waals surface area (Å²) >= 11 is 0. The van der Waals surface area contributed by atoms with E-state index in [1.807, 2.05) is 30.3 Å². The van der Waals surface area contributed by atoms with Crippen LogP contribution >= 0.6 is 0 Å². The lowest BCUT2D eigenvalue weighted by molar-refractivity contribution is -0.137. The minimum Gasteiger partial charge on any atom is -0.332 e. The second-order valence-corrected chi connectivity index (χ2v) is 6.52. The van der Waals surface area contributed by atoms with Crippen LogP contribution in [0, 0.1) is 0 Å². The molecule has 2 aromatic carbocycles. The number of aromatic amines is 1. The van der Waals surface area contributed by atoms with Gasteiger partial charge in [0.05, 0.1) is 29.9 Å². The number of H-pyrrole nitrogens is 1. The van der Waals surface area contributed by atoms with E-state index in [1.165, 1.54) is 6.07 Å². The molecule has 0 radical (unpaired) electrons. The van der Waals surface area contributed by atoms with Crippen molar-refractivity contribution in [2.45, 2.75) is 25.7 Å². The van der Waals surface area contributed by atoms with Crippen LogP contribution in [0.3, 0.4) is 0 Å². The van der Waals surface area contributed by atoms with Gasteiger partial charge in [-0.1, -0.05) is 42.5 Å². The Hall–Kier alpha value is -3.09. The Kier molecular flexibility index (Phi) is 4.22. The minimum absolute atomic E-state index is 0.0685. The topological polar surface area (TPSA) is 49.0 Å². The first-order valence-corrected chi connectivity index (χ1v) is 8.47. The summed E-state index contributed by atoms with van der Waals surface area (Å²) in [5, 5.41) is 7.09. The second-order valence-electron chi connectivity index (χ2n) is 6.52. The van der Waals surface area contributed by atoms with E-state index in [0.717, 1.165) is 23.4 Å². The predicted molar refractivity (Wildman–Crippen MR) is 93.4 cm³/mol. The van der Waals surface area contributed by atoms with E-state index in [0.29, 0.717) is 29.9 Å². The Labute approximate surface area is 153 Å². The SMILES string of the molecule is O=C1Cc2c(-c3cccc(C(F)(F)F)c3)n[nH]c2CN1Cc1ccccc1. The van der Waals surface area contributed by atoms with Crippen LogP contribution in [0.4, 0.5) is 13.2 Å². The van der Waals surface area contributed by atoms with Crippen molar-refractivity contribution in [2.24, 2.45) is 0 Å². The number of hydrogen-bond donors (Lipinski definition) is 1. The van der Waals surface area contributed by atoms with Crippen molar-refractivity contribution in [3.63, 3.8) is 0 Å². The highest BCUT2D eigenvalue weighted by atomic mass is 19.4. The first-order chi connectivity index (χ1) is 12.9. The molecule has 4 rings (SSSR count). The summed E-state index contributed by atoms with van der Waals surface area (Å²) in [6, 6.07) is 14.7. The van der Waals surface area contributed by atoms with Gasteiger partial charge in [0.2, 0.25) is 5.91 Å². The first kappa shape index (κ1) is 17.3. The van der Waals surface area contributed by atoms with Gasteiger partial charge in [0.25, 0.3) is 0 Å². The molecule has 2 heterocycles. The Morgan fingerprint density at radius 1 is 1.07 bits per heavy atom. The van der Waals surface area contributed by atoms with E-state index in [4.69, 9.17) is 0 Å². The fourth-order valence-electron chi connectivity index (χ4n) is 3.29. The van der Waals surface area contributed by atoms with Gasteiger partial charge in [-0.25, -0.2) is 0 Å². The largest absolute Gasteiger partial charge is 0.416 e. The molecule has 0 saturated heterocycles. The molecule has 0 fully saturated rings. The molecule has 0 aliphatic carbocycles. The molecule has 0 spiro atoms. The molecule has 4 nitrogen and oxygen atoms in total. The summed E-state index contributed by atoms with van der Waals surface area (Å²) < 4.78 is 38.9. The van der Waals surface area contributed by atoms with Gasteiger partial charge in [-0.05, 0) is 17.7 Å². The number of hydrogen-bond acceptors (Lipinski definition) is 2. The zero-order valence-electron chi connectivity index (χ0n) is 14.3. The molecule has 1 aromatic heterocycles. The molecule has 3 aromatic rings. The number of aromatic nitrogens is 2. The van der Waals surface area contributed by atoms with E-state index in [2.05, 4.69) is 10.2 Å². The third kappa shape index (κ3) is 3.45. The van der Waals surface area contributed by atoms with Crippen LogP contribution in [-0.2, 0) is 30.5 Å². The fraction of sp³-hybridized carbons (Fsp3) is 0.200. The Bertz CT molecular complexity index is 980. The molecule has 0 unspecified atom stereocenters. The van der Waals surface area contributed by atoms with Crippen LogP contribution in [0.5, 0.6) is 0 Å². The van der Waals surface area contributed by atoms with Crippen LogP contribution in [0.1, 0.15) is 22.4 Å². The average molecular weight is 371 g/mol. The highest BCUT2D eigenvalue weighted by Gasteiger charge is 2.32. The van der Waals surface area contributed by atoms with E-state index in [-0.39, 0.29) is 12.3 Å². The Balaban J connectivity index is 1.62. The summed E-state index contributed by atoms with van der Waals surface area (Å²) in [6.45, 7) is 0.839. The lowest BCUT2D eigenvalue weighted by Gasteiger charge is -2.27. The fourth-order valence-corrected chi connectivity index (χ4v) is 3.29. The Morgan fingerprint density at radius 2 is 1.85 bits per heavy atom. The van der Waals surface area contributed by atoms with Gasteiger partial charge in [0, 0.05) is 17.7 Å². The normalized spacial score (nSPS) is 14.3. The van der Waals surface area contributed by atoms with Gasteiger partial charge in [-0.15, -0.1) is 0 Å². The van der Waals surface area contributed by atoms with Gasteiger partial charge < -0.3 is 4.90 Å². The molecular weight excluding hydrogens is 355 g/mol. The van der Waals surface area contributed by atoms with Crippen molar-refractivity contribution in [2.75, 3.05) is 0 Å². The number of rotatable bonds is 3. The maximum Gasteiger partial charge on any atom is 0.416 e. The lowest BCUT2D eigenvalue weighted by atomic mass is 9.98. The van der Waals surface area contributed by atoms with Crippen LogP contribution in [0.25, 0.3) is 11.3 Å². The maximum atomic E-state index is 13.0. The molecule has 0 saturated carbocycles. The summed E-state index contributed by atoms with van der Waals surface area (Å²) in [6.07, 6.45) is -4.31. The van der Waals surface area contributed by atoms with Crippen molar-refractivity contribution >= 4 is 5.91 Å². The summed E-state index contributed by atoms with van der Waals surface area (Å²) in [5.41, 5.74) is 2.48. The van der Waals surface area contributed by atoms with E-state index in [1.54, 1.807) is 11.0 Å². The standard InChI is InChI=1S/C20H16F3N3O/c21-20(22,23)15-8-4-7-14(9-15)19-16-10-18(27)26(12-17(16)24-25-19)11-13-5-2-1-3-6-13/h1-9H,10-12H2,(H,24,25). The monoisotopic (exact) mass is 371 g/mol. The third-order valence-corrected chi connectivity index (χ3v) is 4.66. The van der Waals surface area contributed by atoms with Gasteiger partial charge in [0.15, 0.2) is 0 Å². The molecule has 1 aliphatic heterocycles. The number of nitrogens with one attached hydrogen (secondary N) is 1. The van der Waals surface area contributed by atoms with Crippen molar-refractivity contribution in [1.82, 2.24) is 15.1 Å². The van der Waals surface area contributed by atoms with Gasteiger partial charge >= 0.3 is 6.18 Å². The molecule has 7 heteroatoms. The summed E-state index contributed by atoms with van der Waals surface area (Å²) in [5.74, 6) is -0.0685. The molecule has 1 amide bonds. The van der Waals surface area contributed by atoms with E-state index >= 15 is 0 Å². The number of carbonyl (C=O) groups excluding carboxylic acids is 1. The smallest absolute Gasteiger partial charge is 0.332 e. The minimum atomic E-state index is -4.42. The highest BCUT2D eigenvalue weighted by molar-refractivity contribution is 5.83. The molecule has 1 aliphatic rings. The second kappa shape index (κ2) is 6.57. The predicted octanol–water partition coefficient (Wildman–Crippen LogP) is 4.18. The number of alkyl halides is 3. The van der Waals surface area contributed by atoms with Crippen LogP contribution in [0.15, 0.2) is 54.6 Å². The molecular formula is C20H16F3N3O. The van der Waals surface area contributed by atoms with E-state index in [9.17, 15) is 18.0 Å². The number of nitrogens with zero attached hydrogens (tertiary/aromatic N) is 2. The Morgan fingerprint density at radius 3 is 2.59 bits per heavy atom. The molecule has 1 N–H and O–H groups in total. The lowest BCUT2D eigenvalue weighted by Crippen LogP contribution is -2.35. The zero-order chi connectivity index (χ0) is 19.0. The van der Waals surface area contributed by atoms with Crippen LogP contribution in [0.2, 0.25) is 0 Å². The number of fused-ring (bicyclic) bond motifs is 1. The maximum absolute atomic E-state index is 13.0. The van der Waals surface area contributed by atoms with Gasteiger partial charge in [0.1, 0.15) is 0 Å². The quantitative estimate of drug-likeness (QED) is 0.751. The number of carbonyl (C=O) groups is 1.